The Labute approximate surface area is 155 Å². The Kier molecular flexibility index (Phi) is 4.45. The molecular formula is C21H16N4O2. The van der Waals surface area contributed by atoms with Gasteiger partial charge in [0.1, 0.15) is 0 Å². The van der Waals surface area contributed by atoms with Crippen molar-refractivity contribution in [1.82, 2.24) is 9.55 Å². The zero-order valence-corrected chi connectivity index (χ0v) is 14.4. The van der Waals surface area contributed by atoms with Crippen LogP contribution in [0.1, 0.15) is 11.1 Å². The molecule has 0 radical (unpaired) electrons. The number of nitrogens with zero attached hydrogens (tertiary/aromatic N) is 4. The summed E-state index contributed by atoms with van der Waals surface area (Å²) >= 11 is 0. The van der Waals surface area contributed by atoms with Crippen molar-refractivity contribution in [2.45, 2.75) is 6.54 Å². The summed E-state index contributed by atoms with van der Waals surface area (Å²) in [5.74, 6) is 0.512. The van der Waals surface area contributed by atoms with Gasteiger partial charge in [0, 0.05) is 12.3 Å². The van der Waals surface area contributed by atoms with Gasteiger partial charge in [-0.25, -0.2) is 9.98 Å². The molecule has 4 aromatic rings. The van der Waals surface area contributed by atoms with Crippen molar-refractivity contribution in [3.8, 4) is 0 Å². The van der Waals surface area contributed by atoms with Crippen LogP contribution in [0.5, 0.6) is 0 Å². The van der Waals surface area contributed by atoms with E-state index in [2.05, 4.69) is 9.98 Å². The number of aliphatic imine (C=N–C) groups is 1. The third-order valence-electron chi connectivity index (χ3n) is 4.27. The van der Waals surface area contributed by atoms with Gasteiger partial charge in [-0.3, -0.25) is 10.1 Å². The summed E-state index contributed by atoms with van der Waals surface area (Å²) in [5, 5.41) is 11.2. The van der Waals surface area contributed by atoms with Crippen LogP contribution >= 0.6 is 0 Å². The highest BCUT2D eigenvalue weighted by Crippen LogP contribution is 2.24. The smallest absolute Gasteiger partial charge is 0.278 e. The highest BCUT2D eigenvalue weighted by Gasteiger charge is 2.12. The maximum absolute atomic E-state index is 11.2. The molecule has 1 aromatic heterocycles. The highest BCUT2D eigenvalue weighted by atomic mass is 16.6. The topological polar surface area (TPSA) is 73.3 Å². The summed E-state index contributed by atoms with van der Waals surface area (Å²) in [4.78, 5) is 19.9. The Morgan fingerprint density at radius 2 is 1.67 bits per heavy atom. The van der Waals surface area contributed by atoms with Crippen molar-refractivity contribution in [1.29, 1.82) is 0 Å². The predicted molar refractivity (Wildman–Crippen MR) is 106 cm³/mol. The van der Waals surface area contributed by atoms with Crippen LogP contribution in [0.3, 0.4) is 0 Å². The van der Waals surface area contributed by atoms with Gasteiger partial charge < -0.3 is 4.57 Å². The van der Waals surface area contributed by atoms with Gasteiger partial charge in [-0.2, -0.15) is 0 Å². The monoisotopic (exact) mass is 356 g/mol. The average Bonchev–Trinajstić information content (AvgIpc) is 3.05. The molecule has 6 nitrogen and oxygen atoms in total. The van der Waals surface area contributed by atoms with Crippen molar-refractivity contribution < 1.29 is 4.92 Å². The molecule has 3 aromatic carbocycles. The molecule has 0 amide bonds. The van der Waals surface area contributed by atoms with Gasteiger partial charge in [0.25, 0.3) is 5.69 Å². The van der Waals surface area contributed by atoms with Crippen LogP contribution in [0.15, 0.2) is 83.9 Å². The second-order valence-corrected chi connectivity index (χ2v) is 6.05. The van der Waals surface area contributed by atoms with Gasteiger partial charge in [-0.05, 0) is 23.8 Å². The SMILES string of the molecule is O=[N+]([O-])c1ccccc1/C=N/c1nc2ccccc2n1Cc1ccccc1. The van der Waals surface area contributed by atoms with E-state index in [4.69, 9.17) is 0 Å². The molecule has 0 unspecified atom stereocenters. The molecular weight excluding hydrogens is 340 g/mol. The number of aromatic nitrogens is 2. The Morgan fingerprint density at radius 3 is 2.48 bits per heavy atom. The largest absolute Gasteiger partial charge is 0.304 e. The summed E-state index contributed by atoms with van der Waals surface area (Å²) in [5.41, 5.74) is 3.40. The summed E-state index contributed by atoms with van der Waals surface area (Å²) in [7, 11) is 0. The maximum atomic E-state index is 11.2. The lowest BCUT2D eigenvalue weighted by Gasteiger charge is -2.06. The van der Waals surface area contributed by atoms with E-state index in [1.165, 1.54) is 12.3 Å². The van der Waals surface area contributed by atoms with Crippen molar-refractivity contribution in [3.05, 3.63) is 100 Å². The van der Waals surface area contributed by atoms with Gasteiger partial charge in [-0.1, -0.05) is 54.6 Å². The Bertz CT molecular complexity index is 1130. The quantitative estimate of drug-likeness (QED) is 0.294. The molecule has 132 valence electrons. The van der Waals surface area contributed by atoms with Gasteiger partial charge >= 0.3 is 0 Å². The summed E-state index contributed by atoms with van der Waals surface area (Å²) in [6, 6.07) is 24.4. The molecule has 0 saturated carbocycles. The molecule has 0 aliphatic carbocycles. The fourth-order valence-corrected chi connectivity index (χ4v) is 2.97. The first-order valence-corrected chi connectivity index (χ1v) is 8.49. The first-order chi connectivity index (χ1) is 13.2. The van der Waals surface area contributed by atoms with Crippen LogP contribution in [-0.4, -0.2) is 20.7 Å². The lowest BCUT2D eigenvalue weighted by Crippen LogP contribution is -1.99. The first kappa shape index (κ1) is 16.7. The van der Waals surface area contributed by atoms with Crippen LogP contribution < -0.4 is 0 Å². The number of benzene rings is 3. The Hall–Kier alpha value is -3.80. The molecule has 0 bridgehead atoms. The lowest BCUT2D eigenvalue weighted by atomic mass is 10.2. The van der Waals surface area contributed by atoms with Crippen LogP contribution in [-0.2, 0) is 6.54 Å². The summed E-state index contributed by atoms with van der Waals surface area (Å²) in [6.07, 6.45) is 1.50. The fourth-order valence-electron chi connectivity index (χ4n) is 2.97. The van der Waals surface area contributed by atoms with Gasteiger partial charge in [0.15, 0.2) is 0 Å². The number of fused-ring (bicyclic) bond motifs is 1. The first-order valence-electron chi connectivity index (χ1n) is 8.49. The summed E-state index contributed by atoms with van der Waals surface area (Å²) < 4.78 is 2.01. The number of rotatable bonds is 5. The highest BCUT2D eigenvalue weighted by molar-refractivity contribution is 5.87. The zero-order valence-electron chi connectivity index (χ0n) is 14.4. The third-order valence-corrected chi connectivity index (χ3v) is 4.27. The molecule has 0 aliphatic rings. The van der Waals surface area contributed by atoms with Crippen molar-refractivity contribution in [2.75, 3.05) is 0 Å². The minimum Gasteiger partial charge on any atom is -0.304 e. The van der Waals surface area contributed by atoms with Crippen molar-refractivity contribution >= 4 is 28.9 Å². The van der Waals surface area contributed by atoms with E-state index in [0.29, 0.717) is 18.1 Å². The van der Waals surface area contributed by atoms with E-state index >= 15 is 0 Å². The second-order valence-electron chi connectivity index (χ2n) is 6.05. The molecule has 0 atom stereocenters. The lowest BCUT2D eigenvalue weighted by molar-refractivity contribution is -0.385. The number of hydrogen-bond donors (Lipinski definition) is 0. The van der Waals surface area contributed by atoms with E-state index in [1.807, 2.05) is 59.2 Å². The number of nitro benzene ring substituents is 1. The summed E-state index contributed by atoms with van der Waals surface area (Å²) in [6.45, 7) is 0.616. The van der Waals surface area contributed by atoms with Crippen molar-refractivity contribution in [2.24, 2.45) is 4.99 Å². The Morgan fingerprint density at radius 1 is 0.963 bits per heavy atom. The minimum atomic E-state index is -0.408. The minimum absolute atomic E-state index is 0.0203. The molecule has 0 fully saturated rings. The molecule has 0 N–H and O–H groups in total. The third kappa shape index (κ3) is 3.46. The van der Waals surface area contributed by atoms with E-state index in [9.17, 15) is 10.1 Å². The molecule has 0 saturated heterocycles. The van der Waals surface area contributed by atoms with Crippen molar-refractivity contribution in [3.63, 3.8) is 0 Å². The number of imidazole rings is 1. The number of hydrogen-bond acceptors (Lipinski definition) is 4. The molecule has 1 heterocycles. The average molecular weight is 356 g/mol. The molecule has 4 rings (SSSR count). The normalized spacial score (nSPS) is 11.3. The molecule has 6 heteroatoms. The van der Waals surface area contributed by atoms with Crippen LogP contribution in [0.25, 0.3) is 11.0 Å². The predicted octanol–water partition coefficient (Wildman–Crippen LogP) is 4.74. The zero-order chi connectivity index (χ0) is 18.6. The molecule has 0 aliphatic heterocycles. The van der Waals surface area contributed by atoms with Crippen LogP contribution in [0, 0.1) is 10.1 Å². The van der Waals surface area contributed by atoms with E-state index in [1.54, 1.807) is 18.2 Å². The molecule has 0 spiro atoms. The Balaban J connectivity index is 1.78. The van der Waals surface area contributed by atoms with Gasteiger partial charge in [0.2, 0.25) is 5.95 Å². The number of nitro groups is 1. The molecule has 27 heavy (non-hydrogen) atoms. The van der Waals surface area contributed by atoms with Gasteiger partial charge in [-0.15, -0.1) is 0 Å². The van der Waals surface area contributed by atoms with Crippen LogP contribution in [0.4, 0.5) is 11.6 Å². The van der Waals surface area contributed by atoms with E-state index in [-0.39, 0.29) is 5.69 Å². The standard InChI is InChI=1S/C21H16N4O2/c26-25(27)19-12-6-4-10-17(19)14-22-21-23-18-11-5-7-13-20(18)24(21)15-16-8-2-1-3-9-16/h1-14H,15H2/b22-14+. The van der Waals surface area contributed by atoms with E-state index < -0.39 is 4.92 Å². The van der Waals surface area contributed by atoms with Gasteiger partial charge in [0.05, 0.1) is 28.1 Å². The fraction of sp³-hybridized carbons (Fsp3) is 0.0476. The van der Waals surface area contributed by atoms with E-state index in [0.717, 1.165) is 16.6 Å². The number of para-hydroxylation sites is 3. The second kappa shape index (κ2) is 7.21. The maximum Gasteiger partial charge on any atom is 0.278 e. The van der Waals surface area contributed by atoms with Crippen LogP contribution in [0.2, 0.25) is 0 Å².